The van der Waals surface area contributed by atoms with Crippen molar-refractivity contribution in [1.82, 2.24) is 5.32 Å². The van der Waals surface area contributed by atoms with Gasteiger partial charge in [-0.05, 0) is 61.9 Å². The molecule has 0 heterocycles. The van der Waals surface area contributed by atoms with Crippen molar-refractivity contribution in [2.75, 3.05) is 7.05 Å². The molecule has 0 amide bonds. The lowest BCUT2D eigenvalue weighted by Crippen LogP contribution is -2.29. The molecule has 0 bridgehead atoms. The third kappa shape index (κ3) is 3.52. The van der Waals surface area contributed by atoms with E-state index in [0.717, 1.165) is 16.9 Å². The summed E-state index contributed by atoms with van der Waals surface area (Å²) in [7, 11) is 2.08. The second-order valence-corrected chi connectivity index (χ2v) is 6.39. The highest BCUT2D eigenvalue weighted by atomic mass is 35.5. The maximum atomic E-state index is 6.17. The van der Waals surface area contributed by atoms with Crippen molar-refractivity contribution >= 4 is 11.6 Å². The zero-order valence-electron chi connectivity index (χ0n) is 12.4. The molecule has 0 saturated heterocycles. The molecule has 1 aromatic rings. The topological polar surface area (TPSA) is 12.0 Å². The molecule has 1 fully saturated rings. The maximum absolute atomic E-state index is 6.17. The van der Waals surface area contributed by atoms with Crippen LogP contribution in [0.25, 0.3) is 0 Å². The Balaban J connectivity index is 2.14. The van der Waals surface area contributed by atoms with Gasteiger partial charge in [0, 0.05) is 11.1 Å². The summed E-state index contributed by atoms with van der Waals surface area (Å²) in [6, 6.07) is 6.72. The lowest BCUT2D eigenvalue weighted by Gasteiger charge is -2.34. The summed E-state index contributed by atoms with van der Waals surface area (Å²) in [6.45, 7) is 4.51. The molecule has 1 nitrogen and oxygen atoms in total. The Labute approximate surface area is 122 Å². The first kappa shape index (κ1) is 14.9. The molecule has 2 rings (SSSR count). The molecule has 2 heteroatoms. The summed E-state index contributed by atoms with van der Waals surface area (Å²) < 4.78 is 0. The van der Waals surface area contributed by atoms with Gasteiger partial charge in [0.15, 0.2) is 0 Å². The fraction of sp³-hybridized carbons (Fsp3) is 0.647. The van der Waals surface area contributed by atoms with Gasteiger partial charge in [-0.15, -0.1) is 0 Å². The van der Waals surface area contributed by atoms with Gasteiger partial charge >= 0.3 is 0 Å². The molecule has 0 aliphatic heterocycles. The molecule has 1 unspecified atom stereocenters. The van der Waals surface area contributed by atoms with Crippen molar-refractivity contribution in [3.05, 3.63) is 34.3 Å². The normalized spacial score (nSPS) is 25.3. The van der Waals surface area contributed by atoms with Crippen LogP contribution >= 0.6 is 11.6 Å². The Hall–Kier alpha value is -0.530. The van der Waals surface area contributed by atoms with Gasteiger partial charge in [-0.25, -0.2) is 0 Å². The SMILES string of the molecule is CCC1CCC(C(NC)c2cc(Cl)ccc2C)CC1. The second kappa shape index (κ2) is 6.76. The fourth-order valence-electron chi connectivity index (χ4n) is 3.52. The number of nitrogens with one attached hydrogen (secondary N) is 1. The molecule has 1 aromatic carbocycles. The molecular formula is C17H26ClN. The minimum Gasteiger partial charge on any atom is -0.313 e. The average molecular weight is 280 g/mol. The molecule has 106 valence electrons. The molecule has 19 heavy (non-hydrogen) atoms. The molecule has 1 aliphatic carbocycles. The van der Waals surface area contributed by atoms with Crippen molar-refractivity contribution in [2.45, 2.75) is 52.0 Å². The molecule has 1 atom stereocenters. The Kier molecular flexibility index (Phi) is 5.29. The van der Waals surface area contributed by atoms with Gasteiger partial charge in [0.2, 0.25) is 0 Å². The zero-order chi connectivity index (χ0) is 13.8. The highest BCUT2D eigenvalue weighted by molar-refractivity contribution is 6.30. The van der Waals surface area contributed by atoms with Gasteiger partial charge in [0.05, 0.1) is 0 Å². The van der Waals surface area contributed by atoms with Gasteiger partial charge in [-0.3, -0.25) is 0 Å². The standard InChI is InChI=1S/C17H26ClN/c1-4-13-6-8-14(9-7-13)17(19-3)16-11-15(18)10-5-12(16)2/h5,10-11,13-14,17,19H,4,6-9H2,1-3H3. The summed E-state index contributed by atoms with van der Waals surface area (Å²) in [4.78, 5) is 0. The Morgan fingerprint density at radius 3 is 2.53 bits per heavy atom. The van der Waals surface area contributed by atoms with Gasteiger partial charge in [0.25, 0.3) is 0 Å². The van der Waals surface area contributed by atoms with Crippen LogP contribution in [0.2, 0.25) is 5.02 Å². The molecular weight excluding hydrogens is 254 g/mol. The lowest BCUT2D eigenvalue weighted by molar-refractivity contribution is 0.224. The zero-order valence-corrected chi connectivity index (χ0v) is 13.1. The molecule has 0 radical (unpaired) electrons. The molecule has 0 aromatic heterocycles. The van der Waals surface area contributed by atoms with Crippen LogP contribution in [0.4, 0.5) is 0 Å². The number of hydrogen-bond donors (Lipinski definition) is 1. The Morgan fingerprint density at radius 1 is 1.26 bits per heavy atom. The van der Waals surface area contributed by atoms with E-state index in [4.69, 9.17) is 11.6 Å². The van der Waals surface area contributed by atoms with Crippen LogP contribution < -0.4 is 5.32 Å². The van der Waals surface area contributed by atoms with E-state index in [1.165, 1.54) is 43.2 Å². The number of halogens is 1. The predicted octanol–water partition coefficient (Wildman–Crippen LogP) is 5.13. The van der Waals surface area contributed by atoms with E-state index in [-0.39, 0.29) is 0 Å². The monoisotopic (exact) mass is 279 g/mol. The van der Waals surface area contributed by atoms with Crippen molar-refractivity contribution in [1.29, 1.82) is 0 Å². The molecule has 1 saturated carbocycles. The highest BCUT2D eigenvalue weighted by Gasteiger charge is 2.27. The van der Waals surface area contributed by atoms with Gasteiger partial charge < -0.3 is 5.32 Å². The minimum atomic E-state index is 0.455. The summed E-state index contributed by atoms with van der Waals surface area (Å²) in [5.74, 6) is 1.71. The number of benzene rings is 1. The van der Waals surface area contributed by atoms with Crippen LogP contribution in [0.15, 0.2) is 18.2 Å². The first-order valence-corrected chi connectivity index (χ1v) is 7.96. The first-order valence-electron chi connectivity index (χ1n) is 7.59. The van der Waals surface area contributed by atoms with E-state index in [1.54, 1.807) is 0 Å². The third-order valence-electron chi connectivity index (χ3n) is 4.83. The van der Waals surface area contributed by atoms with Crippen LogP contribution in [-0.4, -0.2) is 7.05 Å². The van der Waals surface area contributed by atoms with Gasteiger partial charge in [-0.1, -0.05) is 43.9 Å². The van der Waals surface area contributed by atoms with E-state index < -0.39 is 0 Å². The lowest BCUT2D eigenvalue weighted by atomic mass is 9.75. The van der Waals surface area contributed by atoms with Crippen LogP contribution in [0.1, 0.15) is 56.2 Å². The van der Waals surface area contributed by atoms with E-state index >= 15 is 0 Å². The Morgan fingerprint density at radius 2 is 1.95 bits per heavy atom. The summed E-state index contributed by atoms with van der Waals surface area (Å²) >= 11 is 6.17. The summed E-state index contributed by atoms with van der Waals surface area (Å²) in [5.41, 5.74) is 2.73. The van der Waals surface area contributed by atoms with E-state index in [1.807, 2.05) is 6.07 Å². The fourth-order valence-corrected chi connectivity index (χ4v) is 3.70. The largest absolute Gasteiger partial charge is 0.313 e. The second-order valence-electron chi connectivity index (χ2n) is 5.96. The molecule has 0 spiro atoms. The van der Waals surface area contributed by atoms with Crippen LogP contribution in [-0.2, 0) is 0 Å². The number of aryl methyl sites for hydroxylation is 1. The summed E-state index contributed by atoms with van der Waals surface area (Å²) in [5, 5.41) is 4.38. The average Bonchev–Trinajstić information content (AvgIpc) is 2.44. The summed E-state index contributed by atoms with van der Waals surface area (Å²) in [6.07, 6.45) is 6.80. The van der Waals surface area contributed by atoms with E-state index in [0.29, 0.717) is 6.04 Å². The predicted molar refractivity (Wildman–Crippen MR) is 83.7 cm³/mol. The van der Waals surface area contributed by atoms with Crippen molar-refractivity contribution in [2.24, 2.45) is 11.8 Å². The highest BCUT2D eigenvalue weighted by Crippen LogP contribution is 2.39. The first-order chi connectivity index (χ1) is 9.15. The number of rotatable bonds is 4. The van der Waals surface area contributed by atoms with Crippen molar-refractivity contribution < 1.29 is 0 Å². The minimum absolute atomic E-state index is 0.455. The van der Waals surface area contributed by atoms with Crippen molar-refractivity contribution in [3.8, 4) is 0 Å². The smallest absolute Gasteiger partial charge is 0.0409 e. The Bertz CT molecular complexity index is 408. The van der Waals surface area contributed by atoms with Crippen LogP contribution in [0, 0.1) is 18.8 Å². The van der Waals surface area contributed by atoms with Gasteiger partial charge in [0.1, 0.15) is 0 Å². The van der Waals surface area contributed by atoms with E-state index in [2.05, 4.69) is 38.3 Å². The quantitative estimate of drug-likeness (QED) is 0.806. The van der Waals surface area contributed by atoms with Gasteiger partial charge in [-0.2, -0.15) is 0 Å². The van der Waals surface area contributed by atoms with Crippen molar-refractivity contribution in [3.63, 3.8) is 0 Å². The van der Waals surface area contributed by atoms with Crippen LogP contribution in [0.3, 0.4) is 0 Å². The van der Waals surface area contributed by atoms with Crippen LogP contribution in [0.5, 0.6) is 0 Å². The third-order valence-corrected chi connectivity index (χ3v) is 5.06. The number of hydrogen-bond acceptors (Lipinski definition) is 1. The molecule has 1 aliphatic rings. The maximum Gasteiger partial charge on any atom is 0.0409 e. The van der Waals surface area contributed by atoms with E-state index in [9.17, 15) is 0 Å². The molecule has 1 N–H and O–H groups in total.